The van der Waals surface area contributed by atoms with Gasteiger partial charge in [0.05, 0.1) is 6.61 Å². The van der Waals surface area contributed by atoms with Gasteiger partial charge in [0, 0.05) is 12.1 Å². The number of hydrogen-bond donors (Lipinski definition) is 0. The van der Waals surface area contributed by atoms with Gasteiger partial charge < -0.3 is 4.74 Å². The molecule has 1 aliphatic heterocycles. The van der Waals surface area contributed by atoms with Crippen LogP contribution in [-0.2, 0) is 9.53 Å². The van der Waals surface area contributed by atoms with E-state index in [2.05, 4.69) is 0 Å². The normalized spacial score (nSPS) is 21.2. The van der Waals surface area contributed by atoms with Crippen molar-refractivity contribution in [3.8, 4) is 0 Å². The molecule has 4 heteroatoms. The lowest BCUT2D eigenvalue weighted by Crippen LogP contribution is -2.33. The van der Waals surface area contributed by atoms with E-state index in [1.54, 1.807) is 6.92 Å². The van der Waals surface area contributed by atoms with E-state index >= 15 is 0 Å². The van der Waals surface area contributed by atoms with Crippen LogP contribution in [-0.4, -0.2) is 30.1 Å². The Hall–Kier alpha value is -1.32. The summed E-state index contributed by atoms with van der Waals surface area (Å²) in [6.07, 6.45) is 7.12. The summed E-state index contributed by atoms with van der Waals surface area (Å²) in [5.41, 5.74) is 2.16. The van der Waals surface area contributed by atoms with Crippen LogP contribution in [0.25, 0.3) is 0 Å². The van der Waals surface area contributed by atoms with E-state index in [0.29, 0.717) is 19.6 Å². The zero-order valence-corrected chi connectivity index (χ0v) is 11.0. The first-order chi connectivity index (χ1) is 8.74. The van der Waals surface area contributed by atoms with E-state index in [-0.39, 0.29) is 5.91 Å². The van der Waals surface area contributed by atoms with Crippen LogP contribution in [0.1, 0.15) is 51.9 Å². The maximum atomic E-state index is 12.2. The molecular formula is C14H21NO3. The molecule has 2 aliphatic rings. The summed E-state index contributed by atoms with van der Waals surface area (Å²) in [6.45, 7) is 2.55. The molecule has 0 radical (unpaired) electrons. The number of carbonyl (C=O) groups excluding carboxylic acids is 2. The molecule has 4 nitrogen and oxygen atoms in total. The Kier molecular flexibility index (Phi) is 4.39. The number of amides is 2. The van der Waals surface area contributed by atoms with Gasteiger partial charge in [0.1, 0.15) is 0 Å². The number of hydrogen-bond acceptors (Lipinski definition) is 3. The van der Waals surface area contributed by atoms with Crippen LogP contribution < -0.4 is 0 Å². The first kappa shape index (κ1) is 13.1. The van der Waals surface area contributed by atoms with Crippen LogP contribution in [0.2, 0.25) is 0 Å². The summed E-state index contributed by atoms with van der Waals surface area (Å²) >= 11 is 0. The zero-order chi connectivity index (χ0) is 13.0. The molecule has 1 saturated heterocycles. The molecule has 1 aliphatic carbocycles. The van der Waals surface area contributed by atoms with Crippen molar-refractivity contribution >= 4 is 12.0 Å². The van der Waals surface area contributed by atoms with Gasteiger partial charge in [-0.25, -0.2) is 9.69 Å². The fourth-order valence-electron chi connectivity index (χ4n) is 2.76. The minimum absolute atomic E-state index is 0.120. The minimum Gasteiger partial charge on any atom is -0.449 e. The summed E-state index contributed by atoms with van der Waals surface area (Å²) in [7, 11) is 0. The van der Waals surface area contributed by atoms with Crippen molar-refractivity contribution < 1.29 is 14.3 Å². The van der Waals surface area contributed by atoms with Crippen LogP contribution in [0.3, 0.4) is 0 Å². The SMILES string of the molecule is CCOC(=O)N1CCC(=C2CCCCCC2)C1=O. The van der Waals surface area contributed by atoms with Gasteiger partial charge in [0.25, 0.3) is 5.91 Å². The highest BCUT2D eigenvalue weighted by Crippen LogP contribution is 2.30. The zero-order valence-electron chi connectivity index (χ0n) is 11.0. The standard InChI is InChI=1S/C14H21NO3/c1-2-18-14(17)15-10-9-12(13(15)16)11-7-5-3-4-6-8-11/h2-10H2,1H3. The second-order valence-electron chi connectivity index (χ2n) is 4.90. The van der Waals surface area contributed by atoms with Crippen molar-refractivity contribution in [2.45, 2.75) is 51.9 Å². The lowest BCUT2D eigenvalue weighted by atomic mass is 10.00. The fourth-order valence-corrected chi connectivity index (χ4v) is 2.76. The van der Waals surface area contributed by atoms with Crippen LogP contribution in [0.15, 0.2) is 11.1 Å². The highest BCUT2D eigenvalue weighted by Gasteiger charge is 2.33. The Morgan fingerprint density at radius 1 is 1.17 bits per heavy atom. The molecule has 0 spiro atoms. The first-order valence-corrected chi connectivity index (χ1v) is 6.93. The maximum Gasteiger partial charge on any atom is 0.416 e. The summed E-state index contributed by atoms with van der Waals surface area (Å²) in [6, 6.07) is 0. The Morgan fingerprint density at radius 2 is 1.83 bits per heavy atom. The first-order valence-electron chi connectivity index (χ1n) is 6.93. The van der Waals surface area contributed by atoms with Gasteiger partial charge in [0.2, 0.25) is 0 Å². The smallest absolute Gasteiger partial charge is 0.416 e. The highest BCUT2D eigenvalue weighted by atomic mass is 16.6. The molecule has 0 aromatic rings. The molecule has 0 aromatic heterocycles. The lowest BCUT2D eigenvalue weighted by Gasteiger charge is -2.13. The van der Waals surface area contributed by atoms with Crippen LogP contribution in [0.5, 0.6) is 0 Å². The second-order valence-corrected chi connectivity index (χ2v) is 4.90. The van der Waals surface area contributed by atoms with Crippen LogP contribution in [0, 0.1) is 0 Å². The van der Waals surface area contributed by atoms with Gasteiger partial charge in [-0.2, -0.15) is 0 Å². The lowest BCUT2D eigenvalue weighted by molar-refractivity contribution is -0.123. The minimum atomic E-state index is -0.494. The molecule has 0 aromatic carbocycles. The summed E-state index contributed by atoms with van der Waals surface area (Å²) in [5, 5.41) is 0. The third kappa shape index (κ3) is 2.74. The Balaban J connectivity index is 2.10. The number of likely N-dealkylation sites (tertiary alicyclic amines) is 1. The molecule has 1 heterocycles. The third-order valence-corrected chi connectivity index (χ3v) is 3.71. The van der Waals surface area contributed by atoms with Crippen molar-refractivity contribution in [1.82, 2.24) is 4.90 Å². The van der Waals surface area contributed by atoms with Crippen molar-refractivity contribution in [1.29, 1.82) is 0 Å². The van der Waals surface area contributed by atoms with E-state index in [0.717, 1.165) is 18.4 Å². The van der Waals surface area contributed by atoms with Crippen molar-refractivity contribution in [3.63, 3.8) is 0 Å². The number of allylic oxidation sites excluding steroid dienone is 1. The van der Waals surface area contributed by atoms with Gasteiger partial charge >= 0.3 is 6.09 Å². The van der Waals surface area contributed by atoms with E-state index in [1.165, 1.54) is 36.2 Å². The molecule has 100 valence electrons. The average molecular weight is 251 g/mol. The highest BCUT2D eigenvalue weighted by molar-refractivity contribution is 6.05. The number of imide groups is 1. The summed E-state index contributed by atoms with van der Waals surface area (Å²) in [5.74, 6) is -0.120. The van der Waals surface area contributed by atoms with E-state index in [1.807, 2.05) is 0 Å². The van der Waals surface area contributed by atoms with Gasteiger partial charge in [-0.3, -0.25) is 4.79 Å². The quantitative estimate of drug-likeness (QED) is 0.531. The molecule has 0 N–H and O–H groups in total. The van der Waals surface area contributed by atoms with Gasteiger partial charge in [-0.1, -0.05) is 18.4 Å². The number of ether oxygens (including phenoxy) is 1. The maximum absolute atomic E-state index is 12.2. The van der Waals surface area contributed by atoms with Crippen LogP contribution >= 0.6 is 0 Å². The predicted octanol–water partition coefficient (Wildman–Crippen LogP) is 3.03. The number of carbonyl (C=O) groups is 2. The van der Waals surface area contributed by atoms with Crippen LogP contribution in [0.4, 0.5) is 4.79 Å². The van der Waals surface area contributed by atoms with Crippen molar-refractivity contribution in [3.05, 3.63) is 11.1 Å². The number of nitrogens with zero attached hydrogens (tertiary/aromatic N) is 1. The Labute approximate surface area is 108 Å². The van der Waals surface area contributed by atoms with Crippen molar-refractivity contribution in [2.75, 3.05) is 13.2 Å². The fraction of sp³-hybridized carbons (Fsp3) is 0.714. The molecule has 0 unspecified atom stereocenters. The van der Waals surface area contributed by atoms with Gasteiger partial charge in [-0.05, 0) is 39.0 Å². The predicted molar refractivity (Wildman–Crippen MR) is 68.1 cm³/mol. The molecule has 1 saturated carbocycles. The number of rotatable bonds is 1. The molecule has 18 heavy (non-hydrogen) atoms. The summed E-state index contributed by atoms with van der Waals surface area (Å²) in [4.78, 5) is 25.1. The third-order valence-electron chi connectivity index (χ3n) is 3.71. The topological polar surface area (TPSA) is 46.6 Å². The summed E-state index contributed by atoms with van der Waals surface area (Å²) < 4.78 is 4.90. The molecule has 2 rings (SSSR count). The van der Waals surface area contributed by atoms with E-state index in [9.17, 15) is 9.59 Å². The average Bonchev–Trinajstić information content (AvgIpc) is 2.59. The molecule has 0 atom stereocenters. The van der Waals surface area contributed by atoms with Crippen molar-refractivity contribution in [2.24, 2.45) is 0 Å². The van der Waals surface area contributed by atoms with Gasteiger partial charge in [0.15, 0.2) is 0 Å². The Morgan fingerprint density at radius 3 is 2.44 bits per heavy atom. The van der Waals surface area contributed by atoms with E-state index < -0.39 is 6.09 Å². The Bertz CT molecular complexity index is 363. The largest absolute Gasteiger partial charge is 0.449 e. The second kappa shape index (κ2) is 6.03. The molecular weight excluding hydrogens is 230 g/mol. The molecule has 0 bridgehead atoms. The molecule has 2 amide bonds. The van der Waals surface area contributed by atoms with E-state index in [4.69, 9.17) is 4.74 Å². The monoisotopic (exact) mass is 251 g/mol. The molecule has 2 fully saturated rings. The van der Waals surface area contributed by atoms with Gasteiger partial charge in [-0.15, -0.1) is 0 Å².